The zero-order chi connectivity index (χ0) is 27.8. The number of likely N-dealkylation sites (N-methyl/N-ethyl adjacent to an activating group) is 2. The van der Waals surface area contributed by atoms with Crippen LogP contribution >= 0.6 is 0 Å². The highest BCUT2D eigenvalue weighted by Gasteiger charge is 2.27. The Morgan fingerprint density at radius 1 is 0.974 bits per heavy atom. The highest BCUT2D eigenvalue weighted by atomic mass is 16.5. The number of fused-ring (bicyclic) bond motifs is 1. The van der Waals surface area contributed by atoms with E-state index in [1.807, 2.05) is 0 Å². The molecule has 3 aliphatic rings. The Kier molecular flexibility index (Phi) is 7.93. The van der Waals surface area contributed by atoms with E-state index in [1.54, 1.807) is 7.11 Å². The summed E-state index contributed by atoms with van der Waals surface area (Å²) in [5.74, 6) is 2.07. The van der Waals surface area contributed by atoms with E-state index in [1.165, 1.54) is 44.5 Å². The van der Waals surface area contributed by atoms with Crippen LogP contribution in [0.3, 0.4) is 0 Å². The second-order valence-corrected chi connectivity index (χ2v) is 11.6. The summed E-state index contributed by atoms with van der Waals surface area (Å²) in [7, 11) is 6.07. The number of rotatable bonds is 6. The highest BCUT2D eigenvalue weighted by Crippen LogP contribution is 2.38. The predicted octanol–water partition coefficient (Wildman–Crippen LogP) is 6.73. The summed E-state index contributed by atoms with van der Waals surface area (Å²) in [4.78, 5) is 7.09. The molecule has 3 aliphatic heterocycles. The lowest BCUT2D eigenvalue weighted by molar-refractivity contribution is 0.0946. The molecule has 1 atom stereocenters. The topological polar surface area (TPSA) is 28.2 Å². The fourth-order valence-electron chi connectivity index (χ4n) is 6.33. The molecule has 1 saturated heterocycles. The Hall–Kier alpha value is -3.02. The molecule has 0 N–H and O–H groups in total. The van der Waals surface area contributed by atoms with Crippen molar-refractivity contribution < 1.29 is 9.47 Å². The molecule has 39 heavy (non-hydrogen) atoms. The van der Waals surface area contributed by atoms with Crippen LogP contribution in [-0.2, 0) is 13.0 Å². The molecule has 208 valence electrons. The zero-order valence-electron chi connectivity index (χ0n) is 24.9. The molecule has 2 aromatic rings. The van der Waals surface area contributed by atoms with Crippen molar-refractivity contribution in [3.05, 3.63) is 87.8 Å². The number of benzene rings is 2. The molecule has 0 aliphatic carbocycles. The first-order valence-corrected chi connectivity index (χ1v) is 14.4. The van der Waals surface area contributed by atoms with Gasteiger partial charge in [0, 0.05) is 67.9 Å². The summed E-state index contributed by atoms with van der Waals surface area (Å²) in [6, 6.07) is 11.6. The summed E-state index contributed by atoms with van der Waals surface area (Å²) in [6.07, 6.45) is 5.62. The van der Waals surface area contributed by atoms with Crippen LogP contribution in [0.4, 0.5) is 0 Å². The lowest BCUT2D eigenvalue weighted by Crippen LogP contribution is -2.38. The molecule has 0 saturated carbocycles. The van der Waals surface area contributed by atoms with Crippen LogP contribution in [0.15, 0.2) is 60.0 Å². The van der Waals surface area contributed by atoms with Crippen LogP contribution in [-0.4, -0.2) is 61.6 Å². The van der Waals surface area contributed by atoms with Gasteiger partial charge in [0.05, 0.1) is 7.11 Å². The van der Waals surface area contributed by atoms with Gasteiger partial charge in [-0.3, -0.25) is 9.80 Å². The molecular formula is C34H45N3O2. The van der Waals surface area contributed by atoms with Crippen LogP contribution in [0.2, 0.25) is 0 Å². The third-order valence-corrected chi connectivity index (χ3v) is 9.32. The largest absolute Gasteiger partial charge is 0.496 e. The SMILES string of the molecule is C=C1C(C)=C(C)C(c2cc(C)c(CN3CCC(Oc4cccc5c4CCN(C)C5C)CC3)c(OC)c2)=CN1C. The summed E-state index contributed by atoms with van der Waals surface area (Å²) in [5, 5.41) is 0. The van der Waals surface area contributed by atoms with Gasteiger partial charge in [-0.2, -0.15) is 0 Å². The van der Waals surface area contributed by atoms with E-state index in [2.05, 4.69) is 99.6 Å². The fourth-order valence-corrected chi connectivity index (χ4v) is 6.33. The number of aryl methyl sites for hydroxylation is 1. The molecule has 2 aromatic carbocycles. The molecule has 0 radical (unpaired) electrons. The third-order valence-electron chi connectivity index (χ3n) is 9.32. The summed E-state index contributed by atoms with van der Waals surface area (Å²) < 4.78 is 12.6. The molecule has 1 unspecified atom stereocenters. The Morgan fingerprint density at radius 2 is 1.72 bits per heavy atom. The number of piperidine rings is 1. The lowest BCUT2D eigenvalue weighted by Gasteiger charge is -2.36. The van der Waals surface area contributed by atoms with Crippen molar-refractivity contribution in [2.75, 3.05) is 40.8 Å². The molecule has 0 bridgehead atoms. The summed E-state index contributed by atoms with van der Waals surface area (Å²) in [6.45, 7) is 17.1. The first-order valence-electron chi connectivity index (χ1n) is 14.4. The molecule has 0 aromatic heterocycles. The number of likely N-dealkylation sites (tertiary alicyclic amines) is 1. The number of methoxy groups -OCH3 is 1. The standard InChI is InChI=1S/C34H45N3O2/c1-22-18-27(32-20-36(7)25(4)23(2)24(32)3)19-34(38-8)31(22)21-37-16-12-28(13-17-37)39-33-11-9-10-29-26(5)35(6)15-14-30(29)33/h9-11,18-20,26,28H,4,12-17,21H2,1-3,5-8H3. The normalized spacial score (nSPS) is 21.2. The van der Waals surface area contributed by atoms with E-state index in [4.69, 9.17) is 9.47 Å². The van der Waals surface area contributed by atoms with E-state index in [0.29, 0.717) is 6.04 Å². The van der Waals surface area contributed by atoms with Gasteiger partial charge < -0.3 is 14.4 Å². The van der Waals surface area contributed by atoms with Gasteiger partial charge in [-0.1, -0.05) is 24.8 Å². The van der Waals surface area contributed by atoms with E-state index < -0.39 is 0 Å². The van der Waals surface area contributed by atoms with Crippen LogP contribution in [0.1, 0.15) is 67.5 Å². The average Bonchev–Trinajstić information content (AvgIpc) is 2.93. The zero-order valence-corrected chi connectivity index (χ0v) is 24.9. The molecule has 0 amide bonds. The van der Waals surface area contributed by atoms with Crippen LogP contribution in [0, 0.1) is 6.92 Å². The number of hydrogen-bond acceptors (Lipinski definition) is 5. The first-order chi connectivity index (χ1) is 18.7. The van der Waals surface area contributed by atoms with Crippen molar-refractivity contribution in [1.29, 1.82) is 0 Å². The van der Waals surface area contributed by atoms with E-state index >= 15 is 0 Å². The van der Waals surface area contributed by atoms with Gasteiger partial charge in [0.2, 0.25) is 0 Å². The highest BCUT2D eigenvalue weighted by molar-refractivity contribution is 5.82. The van der Waals surface area contributed by atoms with Crippen molar-refractivity contribution in [2.24, 2.45) is 0 Å². The van der Waals surface area contributed by atoms with E-state index in [9.17, 15) is 0 Å². The van der Waals surface area contributed by atoms with E-state index in [0.717, 1.165) is 62.6 Å². The maximum Gasteiger partial charge on any atom is 0.124 e. The quantitative estimate of drug-likeness (QED) is 0.415. The van der Waals surface area contributed by atoms with Crippen LogP contribution < -0.4 is 9.47 Å². The fraction of sp³-hybridized carbons (Fsp3) is 0.471. The van der Waals surface area contributed by atoms with Crippen molar-refractivity contribution >= 4 is 5.57 Å². The van der Waals surface area contributed by atoms with Gasteiger partial charge >= 0.3 is 0 Å². The van der Waals surface area contributed by atoms with Gasteiger partial charge in [0.25, 0.3) is 0 Å². The maximum atomic E-state index is 6.63. The van der Waals surface area contributed by atoms with Gasteiger partial charge in [0.15, 0.2) is 0 Å². The van der Waals surface area contributed by atoms with Crippen molar-refractivity contribution in [2.45, 2.75) is 65.6 Å². The van der Waals surface area contributed by atoms with Gasteiger partial charge in [-0.25, -0.2) is 0 Å². The molecule has 5 heteroatoms. The molecule has 5 nitrogen and oxygen atoms in total. The number of allylic oxidation sites excluding steroid dienone is 3. The smallest absolute Gasteiger partial charge is 0.124 e. The minimum atomic E-state index is 0.274. The molecule has 1 fully saturated rings. The van der Waals surface area contributed by atoms with Crippen LogP contribution in [0.5, 0.6) is 11.5 Å². The lowest BCUT2D eigenvalue weighted by atomic mass is 9.90. The Labute approximate surface area is 235 Å². The number of ether oxygens (including phenoxy) is 2. The Bertz CT molecular complexity index is 1320. The molecular weight excluding hydrogens is 482 g/mol. The second kappa shape index (κ2) is 11.2. The Morgan fingerprint density at radius 3 is 2.44 bits per heavy atom. The van der Waals surface area contributed by atoms with Gasteiger partial charge in [-0.05, 0) is 94.0 Å². The second-order valence-electron chi connectivity index (χ2n) is 11.6. The number of hydrogen-bond donors (Lipinski definition) is 0. The monoisotopic (exact) mass is 527 g/mol. The van der Waals surface area contributed by atoms with Crippen molar-refractivity contribution in [3.8, 4) is 11.5 Å². The first kappa shape index (κ1) is 27.5. The average molecular weight is 528 g/mol. The molecule has 5 rings (SSSR count). The van der Waals surface area contributed by atoms with E-state index in [-0.39, 0.29) is 6.10 Å². The third kappa shape index (κ3) is 5.39. The van der Waals surface area contributed by atoms with Gasteiger partial charge in [0.1, 0.15) is 17.6 Å². The van der Waals surface area contributed by atoms with Crippen LogP contribution in [0.25, 0.3) is 5.57 Å². The minimum Gasteiger partial charge on any atom is -0.496 e. The van der Waals surface area contributed by atoms with Crippen molar-refractivity contribution in [1.82, 2.24) is 14.7 Å². The minimum absolute atomic E-state index is 0.274. The van der Waals surface area contributed by atoms with Crippen molar-refractivity contribution in [3.63, 3.8) is 0 Å². The maximum absolute atomic E-state index is 6.63. The number of nitrogens with zero attached hydrogens (tertiary/aromatic N) is 3. The summed E-state index contributed by atoms with van der Waals surface area (Å²) >= 11 is 0. The van der Waals surface area contributed by atoms with Gasteiger partial charge in [-0.15, -0.1) is 0 Å². The molecule has 3 heterocycles. The Balaban J connectivity index is 1.26. The molecule has 0 spiro atoms. The predicted molar refractivity (Wildman–Crippen MR) is 161 cm³/mol. The summed E-state index contributed by atoms with van der Waals surface area (Å²) in [5.41, 5.74) is 11.4.